The molecule has 19 heavy (non-hydrogen) atoms. The van der Waals surface area contributed by atoms with Crippen molar-refractivity contribution in [1.29, 1.82) is 0 Å². The third-order valence-electron chi connectivity index (χ3n) is 2.74. The second-order valence-corrected chi connectivity index (χ2v) is 5.28. The molecule has 0 aliphatic carbocycles. The molecule has 1 rings (SSSR count). The van der Waals surface area contributed by atoms with Crippen LogP contribution in [0.1, 0.15) is 18.4 Å². The molecule has 106 valence electrons. The zero-order valence-corrected chi connectivity index (χ0v) is 12.6. The Bertz CT molecular complexity index is 392. The lowest BCUT2D eigenvalue weighted by Crippen LogP contribution is -2.38. The van der Waals surface area contributed by atoms with E-state index in [2.05, 4.69) is 21.2 Å². The molecule has 0 bridgehead atoms. The minimum atomic E-state index is -0.120. The van der Waals surface area contributed by atoms with E-state index in [4.69, 9.17) is 9.84 Å². The number of aliphatic hydroxyl groups is 1. The normalized spacial score (nSPS) is 12.2. The molecule has 0 saturated heterocycles. The van der Waals surface area contributed by atoms with E-state index in [1.54, 1.807) is 7.11 Å². The van der Waals surface area contributed by atoms with Gasteiger partial charge >= 0.3 is 0 Å². The lowest BCUT2D eigenvalue weighted by atomic mass is 10.1. The number of halogens is 1. The fraction of sp³-hybridized carbons (Fsp3) is 0.500. The lowest BCUT2D eigenvalue weighted by Gasteiger charge is -2.16. The molecule has 4 nitrogen and oxygen atoms in total. The van der Waals surface area contributed by atoms with Crippen LogP contribution in [-0.2, 0) is 16.0 Å². The van der Waals surface area contributed by atoms with Crippen molar-refractivity contribution in [2.45, 2.75) is 25.3 Å². The van der Waals surface area contributed by atoms with Crippen molar-refractivity contribution in [2.75, 3.05) is 20.3 Å². The molecule has 0 heterocycles. The Morgan fingerprint density at radius 3 is 2.95 bits per heavy atom. The monoisotopic (exact) mass is 329 g/mol. The van der Waals surface area contributed by atoms with Crippen molar-refractivity contribution in [3.05, 3.63) is 34.3 Å². The van der Waals surface area contributed by atoms with Crippen LogP contribution in [0.5, 0.6) is 0 Å². The number of rotatable bonds is 8. The molecule has 1 amide bonds. The number of carbonyl (C=O) groups is 1. The van der Waals surface area contributed by atoms with Gasteiger partial charge in [0.1, 0.15) is 0 Å². The number of benzene rings is 1. The quantitative estimate of drug-likeness (QED) is 0.765. The third-order valence-corrected chi connectivity index (χ3v) is 3.23. The average Bonchev–Trinajstić information content (AvgIpc) is 2.37. The highest BCUT2D eigenvalue weighted by Crippen LogP contribution is 2.13. The van der Waals surface area contributed by atoms with E-state index in [9.17, 15) is 4.79 Å². The smallest absolute Gasteiger partial charge is 0.220 e. The second kappa shape index (κ2) is 9.07. The molecule has 0 aliphatic rings. The number of nitrogens with one attached hydrogen (secondary N) is 1. The second-order valence-electron chi connectivity index (χ2n) is 4.36. The summed E-state index contributed by atoms with van der Waals surface area (Å²) in [5.41, 5.74) is 1.12. The number of carbonyl (C=O) groups excluding carboxylic acids is 1. The summed E-state index contributed by atoms with van der Waals surface area (Å²) >= 11 is 3.41. The topological polar surface area (TPSA) is 58.6 Å². The number of ether oxygens (including phenoxy) is 1. The zero-order chi connectivity index (χ0) is 14.1. The first kappa shape index (κ1) is 16.1. The summed E-state index contributed by atoms with van der Waals surface area (Å²) in [5, 5.41) is 11.8. The van der Waals surface area contributed by atoms with Crippen LogP contribution in [0.2, 0.25) is 0 Å². The van der Waals surface area contributed by atoms with Gasteiger partial charge in [-0.25, -0.2) is 0 Å². The summed E-state index contributed by atoms with van der Waals surface area (Å²) in [4.78, 5) is 11.8. The van der Waals surface area contributed by atoms with Crippen molar-refractivity contribution in [3.63, 3.8) is 0 Å². The maximum absolute atomic E-state index is 11.8. The van der Waals surface area contributed by atoms with Gasteiger partial charge in [-0.1, -0.05) is 28.1 Å². The average molecular weight is 330 g/mol. The molecule has 0 spiro atoms. The van der Waals surface area contributed by atoms with E-state index < -0.39 is 0 Å². The van der Waals surface area contributed by atoms with Gasteiger partial charge in [0.15, 0.2) is 0 Å². The van der Waals surface area contributed by atoms with Gasteiger partial charge in [-0.05, 0) is 30.5 Å². The highest BCUT2D eigenvalue weighted by molar-refractivity contribution is 9.10. The molecule has 5 heteroatoms. The van der Waals surface area contributed by atoms with Crippen LogP contribution in [0.15, 0.2) is 28.7 Å². The SMILES string of the molecule is COCC(CCO)NC(=O)CCc1cccc(Br)c1. The molecule has 1 aromatic carbocycles. The highest BCUT2D eigenvalue weighted by Gasteiger charge is 2.11. The zero-order valence-electron chi connectivity index (χ0n) is 11.1. The summed E-state index contributed by atoms with van der Waals surface area (Å²) in [6, 6.07) is 7.80. The largest absolute Gasteiger partial charge is 0.396 e. The van der Waals surface area contributed by atoms with Gasteiger partial charge in [0, 0.05) is 24.6 Å². The highest BCUT2D eigenvalue weighted by atomic mass is 79.9. The van der Waals surface area contributed by atoms with Crippen LogP contribution in [0, 0.1) is 0 Å². The van der Waals surface area contributed by atoms with Crippen LogP contribution < -0.4 is 5.32 Å². The van der Waals surface area contributed by atoms with Gasteiger partial charge in [0.05, 0.1) is 12.6 Å². The van der Waals surface area contributed by atoms with Crippen molar-refractivity contribution in [1.82, 2.24) is 5.32 Å². The fourth-order valence-corrected chi connectivity index (χ4v) is 2.25. The first-order valence-electron chi connectivity index (χ1n) is 6.29. The van der Waals surface area contributed by atoms with Crippen LogP contribution in [-0.4, -0.2) is 37.4 Å². The molecule has 1 atom stereocenters. The van der Waals surface area contributed by atoms with E-state index >= 15 is 0 Å². The Morgan fingerprint density at radius 1 is 1.53 bits per heavy atom. The summed E-state index contributed by atoms with van der Waals surface area (Å²) in [6.45, 7) is 0.461. The fourth-order valence-electron chi connectivity index (χ4n) is 1.80. The van der Waals surface area contributed by atoms with Gasteiger partial charge in [-0.2, -0.15) is 0 Å². The van der Waals surface area contributed by atoms with E-state index in [1.807, 2.05) is 24.3 Å². The number of aliphatic hydroxyl groups excluding tert-OH is 1. The van der Waals surface area contributed by atoms with Gasteiger partial charge in [0.25, 0.3) is 0 Å². The summed E-state index contributed by atoms with van der Waals surface area (Å²) in [6.07, 6.45) is 1.64. The Hall–Kier alpha value is -0.910. The van der Waals surface area contributed by atoms with Crippen molar-refractivity contribution < 1.29 is 14.6 Å². The van der Waals surface area contributed by atoms with Crippen LogP contribution in [0.25, 0.3) is 0 Å². The molecular formula is C14H20BrNO3. The lowest BCUT2D eigenvalue weighted by molar-refractivity contribution is -0.122. The molecular weight excluding hydrogens is 310 g/mol. The Balaban J connectivity index is 2.37. The Morgan fingerprint density at radius 2 is 2.32 bits per heavy atom. The van der Waals surface area contributed by atoms with E-state index in [-0.39, 0.29) is 18.6 Å². The maximum atomic E-state index is 11.8. The minimum absolute atomic E-state index is 0.0181. The van der Waals surface area contributed by atoms with E-state index in [0.29, 0.717) is 25.9 Å². The molecule has 0 saturated carbocycles. The number of aryl methyl sites for hydroxylation is 1. The van der Waals surface area contributed by atoms with Gasteiger partial charge in [-0.3, -0.25) is 4.79 Å². The summed E-state index contributed by atoms with van der Waals surface area (Å²) in [7, 11) is 1.58. The minimum Gasteiger partial charge on any atom is -0.396 e. The molecule has 0 aliphatic heterocycles. The van der Waals surface area contributed by atoms with Crippen molar-refractivity contribution in [2.24, 2.45) is 0 Å². The van der Waals surface area contributed by atoms with E-state index in [0.717, 1.165) is 10.0 Å². The molecule has 0 radical (unpaired) electrons. The molecule has 2 N–H and O–H groups in total. The number of hydrogen-bond acceptors (Lipinski definition) is 3. The standard InChI is InChI=1S/C14H20BrNO3/c1-19-10-13(7-8-17)16-14(18)6-5-11-3-2-4-12(15)9-11/h2-4,9,13,17H,5-8,10H2,1H3,(H,16,18). The summed E-state index contributed by atoms with van der Waals surface area (Å²) in [5.74, 6) is -0.0181. The molecule has 1 aromatic rings. The van der Waals surface area contributed by atoms with Crippen LogP contribution in [0.4, 0.5) is 0 Å². The maximum Gasteiger partial charge on any atom is 0.220 e. The molecule has 0 fully saturated rings. The Kier molecular flexibility index (Phi) is 7.70. The first-order chi connectivity index (χ1) is 9.15. The number of amides is 1. The van der Waals surface area contributed by atoms with Gasteiger partial charge in [0.2, 0.25) is 5.91 Å². The predicted molar refractivity (Wildman–Crippen MR) is 78.0 cm³/mol. The Labute approximate surface area is 122 Å². The number of hydrogen-bond donors (Lipinski definition) is 2. The predicted octanol–water partition coefficient (Wildman–Crippen LogP) is 1.90. The summed E-state index contributed by atoms with van der Waals surface area (Å²) < 4.78 is 6.02. The third kappa shape index (κ3) is 6.71. The van der Waals surface area contributed by atoms with Crippen molar-refractivity contribution >= 4 is 21.8 Å². The van der Waals surface area contributed by atoms with E-state index in [1.165, 1.54) is 0 Å². The first-order valence-corrected chi connectivity index (χ1v) is 7.08. The number of methoxy groups -OCH3 is 1. The van der Waals surface area contributed by atoms with Gasteiger partial charge in [-0.15, -0.1) is 0 Å². The molecule has 0 aromatic heterocycles. The van der Waals surface area contributed by atoms with Crippen LogP contribution in [0.3, 0.4) is 0 Å². The van der Waals surface area contributed by atoms with Gasteiger partial charge < -0.3 is 15.2 Å². The molecule has 1 unspecified atom stereocenters. The van der Waals surface area contributed by atoms with Crippen LogP contribution >= 0.6 is 15.9 Å². The van der Waals surface area contributed by atoms with Crippen molar-refractivity contribution in [3.8, 4) is 0 Å².